The summed E-state index contributed by atoms with van der Waals surface area (Å²) in [7, 11) is -3.64. The summed E-state index contributed by atoms with van der Waals surface area (Å²) in [4.78, 5) is 0.893. The Morgan fingerprint density at radius 1 is 1.39 bits per heavy atom. The maximum Gasteiger partial charge on any atom is 0.265 e. The number of thiophene rings is 1. The number of rotatable bonds is 4. The summed E-state index contributed by atoms with van der Waals surface area (Å²) in [5, 5.41) is 10.3. The van der Waals surface area contributed by atoms with Gasteiger partial charge in [-0.15, -0.1) is 21.5 Å². The maximum absolute atomic E-state index is 12.3. The van der Waals surface area contributed by atoms with Crippen molar-refractivity contribution in [3.63, 3.8) is 0 Å². The van der Waals surface area contributed by atoms with Crippen molar-refractivity contribution >= 4 is 37.8 Å². The van der Waals surface area contributed by atoms with E-state index < -0.39 is 10.0 Å². The van der Waals surface area contributed by atoms with Crippen molar-refractivity contribution in [2.75, 3.05) is 4.72 Å². The zero-order chi connectivity index (χ0) is 13.3. The molecule has 0 bridgehead atoms. The molecule has 3 N–H and O–H groups in total. The molecule has 0 amide bonds. The van der Waals surface area contributed by atoms with Gasteiger partial charge in [-0.2, -0.15) is 0 Å². The number of nitrogens with two attached hydrogens (primary N) is 1. The summed E-state index contributed by atoms with van der Waals surface area (Å²) >= 11 is 2.53. The van der Waals surface area contributed by atoms with Crippen molar-refractivity contribution in [1.29, 1.82) is 0 Å². The fourth-order valence-electron chi connectivity index (χ4n) is 1.49. The van der Waals surface area contributed by atoms with Crippen LogP contribution in [-0.4, -0.2) is 18.6 Å². The minimum absolute atomic E-state index is 0.198. The van der Waals surface area contributed by atoms with E-state index in [1.807, 2.05) is 0 Å². The van der Waals surface area contributed by atoms with E-state index in [0.717, 1.165) is 0 Å². The Balaban J connectivity index is 2.39. The van der Waals surface area contributed by atoms with Crippen LogP contribution in [0.5, 0.6) is 0 Å². The standard InChI is InChI=1S/C9H12N4O2S3/c1-5-4-16-7(3-10)8(5)18(14,15)13-9-12-11-6(2)17-9/h4H,3,10H2,1-2H3,(H,12,13). The Bertz CT molecular complexity index is 659. The summed E-state index contributed by atoms with van der Waals surface area (Å²) in [6, 6.07) is 0. The molecule has 2 rings (SSSR count). The van der Waals surface area contributed by atoms with Gasteiger partial charge in [-0.25, -0.2) is 8.42 Å². The van der Waals surface area contributed by atoms with Crippen LogP contribution in [-0.2, 0) is 16.6 Å². The SMILES string of the molecule is Cc1nnc(NS(=O)(=O)c2c(C)csc2CN)s1. The van der Waals surface area contributed by atoms with Gasteiger partial charge in [-0.3, -0.25) is 4.72 Å². The molecule has 2 heterocycles. The summed E-state index contributed by atoms with van der Waals surface area (Å²) in [5.74, 6) is 0. The van der Waals surface area contributed by atoms with Crippen molar-refractivity contribution in [2.24, 2.45) is 5.73 Å². The van der Waals surface area contributed by atoms with Crippen LogP contribution >= 0.6 is 22.7 Å². The minimum atomic E-state index is -3.64. The van der Waals surface area contributed by atoms with Crippen molar-refractivity contribution in [1.82, 2.24) is 10.2 Å². The van der Waals surface area contributed by atoms with Gasteiger partial charge in [0.2, 0.25) is 5.13 Å². The fraction of sp³-hybridized carbons (Fsp3) is 0.333. The summed E-state index contributed by atoms with van der Waals surface area (Å²) in [6.45, 7) is 3.70. The first-order valence-electron chi connectivity index (χ1n) is 5.04. The number of anilines is 1. The number of sulfonamides is 1. The minimum Gasteiger partial charge on any atom is -0.326 e. The van der Waals surface area contributed by atoms with E-state index in [9.17, 15) is 8.42 Å². The molecule has 2 aromatic rings. The van der Waals surface area contributed by atoms with Gasteiger partial charge in [-0.1, -0.05) is 11.3 Å². The van der Waals surface area contributed by atoms with Crippen LogP contribution in [0.2, 0.25) is 0 Å². The summed E-state index contributed by atoms with van der Waals surface area (Å²) in [5.41, 5.74) is 6.24. The van der Waals surface area contributed by atoms with Gasteiger partial charge in [0.1, 0.15) is 9.90 Å². The second-order valence-electron chi connectivity index (χ2n) is 3.61. The first kappa shape index (κ1) is 13.4. The molecule has 0 saturated heterocycles. The zero-order valence-electron chi connectivity index (χ0n) is 9.80. The molecule has 2 aromatic heterocycles. The molecular weight excluding hydrogens is 292 g/mol. The van der Waals surface area contributed by atoms with Crippen LogP contribution < -0.4 is 10.5 Å². The molecule has 98 valence electrons. The molecule has 0 saturated carbocycles. The normalized spacial score (nSPS) is 11.7. The van der Waals surface area contributed by atoms with Crippen LogP contribution in [0, 0.1) is 13.8 Å². The molecule has 0 aromatic carbocycles. The van der Waals surface area contributed by atoms with E-state index in [4.69, 9.17) is 5.73 Å². The number of nitrogens with one attached hydrogen (secondary N) is 1. The predicted octanol–water partition coefficient (Wildman–Crippen LogP) is 1.48. The van der Waals surface area contributed by atoms with Gasteiger partial charge in [0.05, 0.1) is 0 Å². The monoisotopic (exact) mass is 304 g/mol. The van der Waals surface area contributed by atoms with Crippen LogP contribution in [0.15, 0.2) is 10.3 Å². The molecule has 0 unspecified atom stereocenters. The highest BCUT2D eigenvalue weighted by atomic mass is 32.2. The zero-order valence-corrected chi connectivity index (χ0v) is 12.2. The Morgan fingerprint density at radius 3 is 2.67 bits per heavy atom. The van der Waals surface area contributed by atoms with E-state index in [1.54, 1.807) is 19.2 Å². The average Bonchev–Trinajstić information content (AvgIpc) is 2.84. The second-order valence-corrected chi connectivity index (χ2v) is 7.37. The Kier molecular flexibility index (Phi) is 3.66. The largest absolute Gasteiger partial charge is 0.326 e. The third-order valence-corrected chi connectivity index (χ3v) is 5.90. The fourth-order valence-corrected chi connectivity index (χ4v) is 5.02. The maximum atomic E-state index is 12.3. The van der Waals surface area contributed by atoms with E-state index in [0.29, 0.717) is 15.4 Å². The highest BCUT2D eigenvalue weighted by Gasteiger charge is 2.23. The van der Waals surface area contributed by atoms with Crippen LogP contribution in [0.3, 0.4) is 0 Å². The van der Waals surface area contributed by atoms with E-state index >= 15 is 0 Å². The lowest BCUT2D eigenvalue weighted by molar-refractivity contribution is 0.600. The van der Waals surface area contributed by atoms with E-state index in [-0.39, 0.29) is 16.6 Å². The van der Waals surface area contributed by atoms with Crippen molar-refractivity contribution in [3.8, 4) is 0 Å². The molecule has 9 heteroatoms. The van der Waals surface area contributed by atoms with Gasteiger partial charge in [0, 0.05) is 11.4 Å². The van der Waals surface area contributed by atoms with E-state index in [2.05, 4.69) is 14.9 Å². The molecule has 0 radical (unpaired) electrons. The van der Waals surface area contributed by atoms with Crippen molar-refractivity contribution < 1.29 is 8.42 Å². The lowest BCUT2D eigenvalue weighted by Crippen LogP contribution is -2.15. The van der Waals surface area contributed by atoms with Gasteiger partial charge in [0.25, 0.3) is 10.0 Å². The highest BCUT2D eigenvalue weighted by molar-refractivity contribution is 7.93. The van der Waals surface area contributed by atoms with Crippen molar-refractivity contribution in [3.05, 3.63) is 20.8 Å². The smallest absolute Gasteiger partial charge is 0.265 e. The highest BCUT2D eigenvalue weighted by Crippen LogP contribution is 2.28. The lowest BCUT2D eigenvalue weighted by atomic mass is 10.3. The molecular formula is C9H12N4O2S3. The molecule has 0 fully saturated rings. The Hall–Kier alpha value is -1.03. The third kappa shape index (κ3) is 2.53. The molecule has 0 aliphatic rings. The van der Waals surface area contributed by atoms with E-state index in [1.165, 1.54) is 22.7 Å². The lowest BCUT2D eigenvalue weighted by Gasteiger charge is -2.06. The second kappa shape index (κ2) is 4.92. The number of nitrogens with zero attached hydrogens (tertiary/aromatic N) is 2. The van der Waals surface area contributed by atoms with Gasteiger partial charge >= 0.3 is 0 Å². The summed E-state index contributed by atoms with van der Waals surface area (Å²) in [6.07, 6.45) is 0. The van der Waals surface area contributed by atoms with Crippen LogP contribution in [0.4, 0.5) is 5.13 Å². The van der Waals surface area contributed by atoms with Crippen LogP contribution in [0.1, 0.15) is 15.4 Å². The number of hydrogen-bond acceptors (Lipinski definition) is 7. The quantitative estimate of drug-likeness (QED) is 0.891. The van der Waals surface area contributed by atoms with Gasteiger partial charge in [0.15, 0.2) is 0 Å². The van der Waals surface area contributed by atoms with Gasteiger partial charge < -0.3 is 5.73 Å². The molecule has 0 spiro atoms. The number of aryl methyl sites for hydroxylation is 2. The predicted molar refractivity (Wildman–Crippen MR) is 72.4 cm³/mol. The molecule has 0 atom stereocenters. The number of hydrogen-bond donors (Lipinski definition) is 2. The van der Waals surface area contributed by atoms with Gasteiger partial charge in [-0.05, 0) is 24.8 Å². The first-order valence-corrected chi connectivity index (χ1v) is 8.22. The molecule has 18 heavy (non-hydrogen) atoms. The van der Waals surface area contributed by atoms with Crippen molar-refractivity contribution in [2.45, 2.75) is 25.3 Å². The molecule has 0 aliphatic heterocycles. The Morgan fingerprint density at radius 2 is 2.11 bits per heavy atom. The first-order chi connectivity index (χ1) is 8.44. The number of aromatic nitrogens is 2. The average molecular weight is 304 g/mol. The van der Waals surface area contributed by atoms with Crippen LogP contribution in [0.25, 0.3) is 0 Å². The molecule has 6 nitrogen and oxygen atoms in total. The third-order valence-electron chi connectivity index (χ3n) is 2.19. The topological polar surface area (TPSA) is 98.0 Å². The summed E-state index contributed by atoms with van der Waals surface area (Å²) < 4.78 is 26.9. The molecule has 0 aliphatic carbocycles. The Labute approximate surface area is 113 Å².